The van der Waals surface area contributed by atoms with Crippen LogP contribution in [0.25, 0.3) is 11.0 Å². The van der Waals surface area contributed by atoms with Crippen molar-refractivity contribution in [3.05, 3.63) is 42.5 Å². The van der Waals surface area contributed by atoms with E-state index in [0.717, 1.165) is 24.8 Å². The molecule has 6 nitrogen and oxygen atoms in total. The minimum atomic E-state index is -4.77. The molecule has 0 bridgehead atoms. The molecular formula is C23H25ClF3N3O3S. The van der Waals surface area contributed by atoms with Crippen molar-refractivity contribution in [2.75, 3.05) is 5.32 Å². The third-order valence-corrected chi connectivity index (χ3v) is 7.37. The molecule has 1 N–H and O–H groups in total. The number of alkyl halides is 3. The fourth-order valence-corrected chi connectivity index (χ4v) is 5.82. The Bertz CT molecular complexity index is 1300. The second-order valence-corrected chi connectivity index (χ2v) is 12.2. The molecular weight excluding hydrogens is 491 g/mol. The first-order chi connectivity index (χ1) is 15.7. The van der Waals surface area contributed by atoms with E-state index in [-0.39, 0.29) is 22.1 Å². The van der Waals surface area contributed by atoms with Crippen molar-refractivity contribution in [2.45, 2.75) is 57.3 Å². The number of ether oxygens (including phenoxy) is 1. The fraction of sp³-hybridized carbons (Fsp3) is 0.435. The van der Waals surface area contributed by atoms with Crippen molar-refractivity contribution in [3.8, 4) is 5.75 Å². The van der Waals surface area contributed by atoms with Crippen LogP contribution in [0.5, 0.6) is 5.75 Å². The molecule has 1 saturated carbocycles. The van der Waals surface area contributed by atoms with E-state index in [1.807, 2.05) is 0 Å². The molecule has 184 valence electrons. The summed E-state index contributed by atoms with van der Waals surface area (Å²) in [6.07, 6.45) is -1.87. The number of nitrogens with zero attached hydrogens (tertiary/aromatic N) is 2. The predicted octanol–water partition coefficient (Wildman–Crippen LogP) is 6.99. The van der Waals surface area contributed by atoms with Gasteiger partial charge >= 0.3 is 6.36 Å². The van der Waals surface area contributed by atoms with Gasteiger partial charge in [0.05, 0.1) is 15.9 Å². The molecule has 2 atom stereocenters. The number of benzene rings is 2. The van der Waals surface area contributed by atoms with Gasteiger partial charge in [0.25, 0.3) is 9.05 Å². The molecule has 1 fully saturated rings. The Kier molecular flexibility index (Phi) is 6.27. The lowest BCUT2D eigenvalue weighted by Gasteiger charge is -2.40. The van der Waals surface area contributed by atoms with Gasteiger partial charge in [-0.3, -0.25) is 0 Å². The average Bonchev–Trinajstić information content (AvgIpc) is 3.03. The van der Waals surface area contributed by atoms with E-state index in [4.69, 9.17) is 10.7 Å². The van der Waals surface area contributed by atoms with Crippen molar-refractivity contribution in [1.82, 2.24) is 9.55 Å². The van der Waals surface area contributed by atoms with E-state index in [2.05, 4.69) is 40.4 Å². The molecule has 0 radical (unpaired) electrons. The zero-order valence-electron chi connectivity index (χ0n) is 18.9. The zero-order valence-corrected chi connectivity index (χ0v) is 20.4. The number of rotatable bonds is 5. The van der Waals surface area contributed by atoms with Crippen molar-refractivity contribution in [1.29, 1.82) is 0 Å². The van der Waals surface area contributed by atoms with Gasteiger partial charge in [0, 0.05) is 22.4 Å². The SMILES string of the molecule is C[C@H]1C[C@@H](n2c(Nc3ccc(OC(F)(F)F)cc3)nc3cc(S(=O)(=O)Cl)ccc32)CC(C)(C)C1. The first-order valence-corrected chi connectivity index (χ1v) is 13.1. The molecule has 11 heteroatoms. The van der Waals surface area contributed by atoms with E-state index in [1.54, 1.807) is 6.07 Å². The maximum absolute atomic E-state index is 12.5. The highest BCUT2D eigenvalue weighted by atomic mass is 35.7. The van der Waals surface area contributed by atoms with Crippen molar-refractivity contribution in [2.24, 2.45) is 11.3 Å². The summed E-state index contributed by atoms with van der Waals surface area (Å²) >= 11 is 0. The van der Waals surface area contributed by atoms with Crippen LogP contribution < -0.4 is 10.1 Å². The zero-order chi connectivity index (χ0) is 24.9. The van der Waals surface area contributed by atoms with Crippen molar-refractivity contribution >= 4 is 42.4 Å². The molecule has 4 rings (SSSR count). The Balaban J connectivity index is 1.76. The molecule has 0 aliphatic heterocycles. The Morgan fingerprint density at radius 2 is 1.82 bits per heavy atom. The smallest absolute Gasteiger partial charge is 0.406 e. The van der Waals surface area contributed by atoms with Crippen LogP contribution in [0.2, 0.25) is 0 Å². The molecule has 1 aliphatic carbocycles. The molecule has 2 aromatic carbocycles. The Morgan fingerprint density at radius 3 is 2.41 bits per heavy atom. The molecule has 1 heterocycles. The quantitative estimate of drug-likeness (QED) is 0.370. The second kappa shape index (κ2) is 8.64. The summed E-state index contributed by atoms with van der Waals surface area (Å²) in [5, 5.41) is 3.18. The summed E-state index contributed by atoms with van der Waals surface area (Å²) in [6, 6.07) is 10.0. The monoisotopic (exact) mass is 515 g/mol. The standard InChI is InChI=1S/C23H25ClF3N3O3S/c1-14-10-16(13-22(2,3)12-14)30-20-9-8-18(34(24,31)32)11-19(20)29-21(30)28-15-4-6-17(7-5-15)33-23(25,26)27/h4-9,11,14,16H,10,12-13H2,1-3H3,(H,28,29)/t14-,16+/m0/s1. The molecule has 1 aliphatic rings. The van der Waals surface area contributed by atoms with Crippen LogP contribution in [0, 0.1) is 11.3 Å². The van der Waals surface area contributed by atoms with E-state index in [9.17, 15) is 21.6 Å². The Labute approximate surface area is 200 Å². The molecule has 0 unspecified atom stereocenters. The average molecular weight is 516 g/mol. The summed E-state index contributed by atoms with van der Waals surface area (Å²) in [6.45, 7) is 6.65. The van der Waals surface area contributed by atoms with E-state index >= 15 is 0 Å². The summed E-state index contributed by atoms with van der Waals surface area (Å²) in [5.74, 6) is 0.616. The van der Waals surface area contributed by atoms with Crippen LogP contribution in [0.4, 0.5) is 24.8 Å². The minimum Gasteiger partial charge on any atom is -0.406 e. The third-order valence-electron chi connectivity index (χ3n) is 6.02. The van der Waals surface area contributed by atoms with E-state index < -0.39 is 15.4 Å². The second-order valence-electron chi connectivity index (χ2n) is 9.66. The van der Waals surface area contributed by atoms with Gasteiger partial charge in [-0.15, -0.1) is 13.2 Å². The summed E-state index contributed by atoms with van der Waals surface area (Å²) in [4.78, 5) is 4.58. The van der Waals surface area contributed by atoms with Crippen LogP contribution in [0.1, 0.15) is 46.1 Å². The summed E-state index contributed by atoms with van der Waals surface area (Å²) in [5.41, 5.74) is 1.82. The van der Waals surface area contributed by atoms with Crippen molar-refractivity contribution in [3.63, 3.8) is 0 Å². The first kappa shape index (κ1) is 24.7. The number of aromatic nitrogens is 2. The van der Waals surface area contributed by atoms with Gasteiger partial charge in [-0.1, -0.05) is 20.8 Å². The van der Waals surface area contributed by atoms with Crippen LogP contribution in [0.3, 0.4) is 0 Å². The Morgan fingerprint density at radius 1 is 1.15 bits per heavy atom. The number of imidazole rings is 1. The number of nitrogens with one attached hydrogen (secondary N) is 1. The van der Waals surface area contributed by atoms with Crippen LogP contribution in [-0.4, -0.2) is 24.3 Å². The van der Waals surface area contributed by atoms with Gasteiger partial charge in [-0.2, -0.15) is 0 Å². The van der Waals surface area contributed by atoms with Crippen LogP contribution >= 0.6 is 10.7 Å². The van der Waals surface area contributed by atoms with Crippen molar-refractivity contribution < 1.29 is 26.3 Å². The maximum atomic E-state index is 12.5. The summed E-state index contributed by atoms with van der Waals surface area (Å²) < 4.78 is 67.1. The number of anilines is 2. The highest BCUT2D eigenvalue weighted by Gasteiger charge is 2.35. The number of halogens is 4. The Hall–Kier alpha value is -2.46. The van der Waals surface area contributed by atoms with Gasteiger partial charge in [-0.25, -0.2) is 13.4 Å². The lowest BCUT2D eigenvalue weighted by Crippen LogP contribution is -2.29. The molecule has 0 saturated heterocycles. The molecule has 34 heavy (non-hydrogen) atoms. The highest BCUT2D eigenvalue weighted by Crippen LogP contribution is 2.46. The predicted molar refractivity (Wildman–Crippen MR) is 125 cm³/mol. The van der Waals surface area contributed by atoms with Crippen LogP contribution in [0.15, 0.2) is 47.4 Å². The third kappa shape index (κ3) is 5.60. The summed E-state index contributed by atoms with van der Waals surface area (Å²) in [7, 11) is 1.60. The highest BCUT2D eigenvalue weighted by molar-refractivity contribution is 8.13. The fourth-order valence-electron chi connectivity index (χ4n) is 5.05. The molecule has 1 aromatic heterocycles. The van der Waals surface area contributed by atoms with Gasteiger partial charge in [-0.05, 0) is 73.1 Å². The first-order valence-electron chi connectivity index (χ1n) is 10.8. The van der Waals surface area contributed by atoms with Gasteiger partial charge in [0.2, 0.25) is 5.95 Å². The number of hydrogen-bond donors (Lipinski definition) is 1. The van der Waals surface area contributed by atoms with Crippen LogP contribution in [-0.2, 0) is 9.05 Å². The minimum absolute atomic E-state index is 0.0520. The number of hydrogen-bond acceptors (Lipinski definition) is 5. The number of fused-ring (bicyclic) bond motifs is 1. The molecule has 3 aromatic rings. The normalized spacial score (nSPS) is 20.9. The van der Waals surface area contributed by atoms with Gasteiger partial charge in [0.15, 0.2) is 0 Å². The van der Waals surface area contributed by atoms with Gasteiger partial charge in [0.1, 0.15) is 5.75 Å². The topological polar surface area (TPSA) is 73.2 Å². The lowest BCUT2D eigenvalue weighted by molar-refractivity contribution is -0.274. The van der Waals surface area contributed by atoms with Gasteiger partial charge < -0.3 is 14.6 Å². The van der Waals surface area contributed by atoms with E-state index in [0.29, 0.717) is 23.1 Å². The van der Waals surface area contributed by atoms with E-state index in [1.165, 1.54) is 36.4 Å². The lowest BCUT2D eigenvalue weighted by atomic mass is 9.70. The molecule has 0 amide bonds. The maximum Gasteiger partial charge on any atom is 0.573 e. The molecule has 0 spiro atoms. The largest absolute Gasteiger partial charge is 0.573 e.